The number of hydrogen-bond donors (Lipinski definition) is 3. The number of nitrogens with one attached hydrogen (secondary N) is 1. The van der Waals surface area contributed by atoms with Crippen molar-refractivity contribution in [3.05, 3.63) is 42.5 Å². The molecule has 3 N–H and O–H groups in total. The highest BCUT2D eigenvalue weighted by molar-refractivity contribution is 7.89. The number of carbonyl (C=O) groups is 2. The smallest absolute Gasteiger partial charge is 0.322 e. The van der Waals surface area contributed by atoms with Gasteiger partial charge in [0.1, 0.15) is 6.04 Å². The highest BCUT2D eigenvalue weighted by atomic mass is 32.2. The molecule has 0 amide bonds. The fourth-order valence-electron chi connectivity index (χ4n) is 2.03. The van der Waals surface area contributed by atoms with E-state index in [1.807, 2.05) is 4.72 Å². The first kappa shape index (κ1) is 15.9. The molecule has 0 aromatic heterocycles. The quantitative estimate of drug-likeness (QED) is 0.730. The number of rotatable bonds is 6. The molecule has 116 valence electrons. The normalized spacial score (nSPS) is 12.9. The number of aliphatic carboxylic acids is 2. The van der Waals surface area contributed by atoms with Crippen LogP contribution in [0.4, 0.5) is 0 Å². The van der Waals surface area contributed by atoms with Gasteiger partial charge in [0.2, 0.25) is 10.0 Å². The fourth-order valence-corrected chi connectivity index (χ4v) is 3.45. The molecule has 0 heterocycles. The molecule has 0 bridgehead atoms. The van der Waals surface area contributed by atoms with Crippen LogP contribution >= 0.6 is 0 Å². The summed E-state index contributed by atoms with van der Waals surface area (Å²) >= 11 is 0. The molecule has 1 unspecified atom stereocenters. The topological polar surface area (TPSA) is 121 Å². The summed E-state index contributed by atoms with van der Waals surface area (Å²) in [5.74, 6) is -2.96. The molecule has 0 radical (unpaired) electrons. The molecular formula is C14H13NO6S. The van der Waals surface area contributed by atoms with Gasteiger partial charge in [0, 0.05) is 5.39 Å². The Bertz CT molecular complexity index is 825. The van der Waals surface area contributed by atoms with E-state index < -0.39 is 34.4 Å². The minimum Gasteiger partial charge on any atom is -0.481 e. The van der Waals surface area contributed by atoms with Crippen LogP contribution in [0.1, 0.15) is 6.42 Å². The second kappa shape index (κ2) is 6.12. The Hall–Kier alpha value is -2.45. The molecule has 0 fully saturated rings. The summed E-state index contributed by atoms with van der Waals surface area (Å²) in [5.41, 5.74) is 0. The Morgan fingerprint density at radius 2 is 1.68 bits per heavy atom. The van der Waals surface area contributed by atoms with Crippen LogP contribution in [-0.4, -0.2) is 36.6 Å². The van der Waals surface area contributed by atoms with E-state index in [0.717, 1.165) is 0 Å². The molecule has 0 spiro atoms. The first-order valence-corrected chi connectivity index (χ1v) is 7.74. The number of carboxylic acid groups (broad SMARTS) is 2. The van der Waals surface area contributed by atoms with Crippen LogP contribution in [0.25, 0.3) is 10.8 Å². The third kappa shape index (κ3) is 3.41. The van der Waals surface area contributed by atoms with Gasteiger partial charge in [0.25, 0.3) is 0 Å². The van der Waals surface area contributed by atoms with Gasteiger partial charge in [-0.1, -0.05) is 36.4 Å². The lowest BCUT2D eigenvalue weighted by atomic mass is 10.1. The van der Waals surface area contributed by atoms with Crippen LogP contribution in [-0.2, 0) is 19.6 Å². The van der Waals surface area contributed by atoms with Crippen molar-refractivity contribution >= 4 is 32.7 Å². The van der Waals surface area contributed by atoms with Crippen molar-refractivity contribution in [3.63, 3.8) is 0 Å². The first-order chi connectivity index (χ1) is 10.3. The first-order valence-electron chi connectivity index (χ1n) is 6.26. The Morgan fingerprint density at radius 3 is 2.32 bits per heavy atom. The summed E-state index contributed by atoms with van der Waals surface area (Å²) in [4.78, 5) is 21.6. The standard InChI is InChI=1S/C14H13NO6S/c16-13(17)8-11(14(18)19)15-22(20,21)12-7-3-5-9-4-1-2-6-10(9)12/h1-7,11,15H,8H2,(H,16,17)(H,18,19). The molecule has 2 aromatic rings. The largest absolute Gasteiger partial charge is 0.481 e. The average molecular weight is 323 g/mol. The summed E-state index contributed by atoms with van der Waals surface area (Å²) < 4.78 is 26.7. The van der Waals surface area contributed by atoms with Crippen molar-refractivity contribution in [2.75, 3.05) is 0 Å². The number of benzene rings is 2. The maximum absolute atomic E-state index is 12.4. The van der Waals surface area contributed by atoms with E-state index in [1.54, 1.807) is 30.3 Å². The third-order valence-electron chi connectivity index (χ3n) is 3.01. The van der Waals surface area contributed by atoms with Gasteiger partial charge in [-0.25, -0.2) is 8.42 Å². The predicted octanol–water partition coefficient (Wildman–Crippen LogP) is 1.05. The lowest BCUT2D eigenvalue weighted by Crippen LogP contribution is -2.42. The summed E-state index contributed by atoms with van der Waals surface area (Å²) in [6, 6.07) is 9.58. The summed E-state index contributed by atoms with van der Waals surface area (Å²) in [6.45, 7) is 0. The zero-order valence-corrected chi connectivity index (χ0v) is 12.1. The fraction of sp³-hybridized carbons (Fsp3) is 0.143. The van der Waals surface area contributed by atoms with E-state index >= 15 is 0 Å². The Kier molecular flexibility index (Phi) is 4.43. The Labute approximate surface area is 126 Å². The van der Waals surface area contributed by atoms with Crippen molar-refractivity contribution in [1.82, 2.24) is 4.72 Å². The monoisotopic (exact) mass is 323 g/mol. The number of fused-ring (bicyclic) bond motifs is 1. The van der Waals surface area contributed by atoms with Crippen LogP contribution in [0.5, 0.6) is 0 Å². The summed E-state index contributed by atoms with van der Waals surface area (Å²) in [5, 5.41) is 18.7. The highest BCUT2D eigenvalue weighted by Gasteiger charge is 2.28. The molecule has 2 rings (SSSR count). The lowest BCUT2D eigenvalue weighted by molar-refractivity contribution is -0.145. The van der Waals surface area contributed by atoms with E-state index in [9.17, 15) is 18.0 Å². The number of sulfonamides is 1. The van der Waals surface area contributed by atoms with E-state index in [2.05, 4.69) is 0 Å². The van der Waals surface area contributed by atoms with E-state index in [4.69, 9.17) is 10.2 Å². The Morgan fingerprint density at radius 1 is 1.05 bits per heavy atom. The molecule has 0 saturated heterocycles. The molecule has 8 heteroatoms. The number of carboxylic acids is 2. The third-order valence-corrected chi connectivity index (χ3v) is 4.54. The van der Waals surface area contributed by atoms with Crippen molar-refractivity contribution < 1.29 is 28.2 Å². The molecule has 0 aliphatic carbocycles. The SMILES string of the molecule is O=C(O)CC(NS(=O)(=O)c1cccc2ccccc12)C(=O)O. The molecule has 0 aliphatic heterocycles. The van der Waals surface area contributed by atoms with Crippen molar-refractivity contribution in [1.29, 1.82) is 0 Å². The minimum absolute atomic E-state index is 0.0951. The van der Waals surface area contributed by atoms with Crippen molar-refractivity contribution in [3.8, 4) is 0 Å². The van der Waals surface area contributed by atoms with Gasteiger partial charge in [0.05, 0.1) is 11.3 Å². The molecule has 1 atom stereocenters. The zero-order chi connectivity index (χ0) is 16.3. The van der Waals surface area contributed by atoms with Gasteiger partial charge >= 0.3 is 11.9 Å². The molecule has 22 heavy (non-hydrogen) atoms. The molecule has 0 aliphatic rings. The van der Waals surface area contributed by atoms with Crippen LogP contribution in [0.3, 0.4) is 0 Å². The maximum Gasteiger partial charge on any atom is 0.322 e. The van der Waals surface area contributed by atoms with Crippen LogP contribution in [0.15, 0.2) is 47.4 Å². The Balaban J connectivity index is 2.44. The van der Waals surface area contributed by atoms with E-state index in [0.29, 0.717) is 10.8 Å². The van der Waals surface area contributed by atoms with Crippen LogP contribution in [0, 0.1) is 0 Å². The van der Waals surface area contributed by atoms with E-state index in [-0.39, 0.29) is 4.90 Å². The van der Waals surface area contributed by atoms with Gasteiger partial charge in [-0.05, 0) is 11.5 Å². The van der Waals surface area contributed by atoms with Gasteiger partial charge in [0.15, 0.2) is 0 Å². The lowest BCUT2D eigenvalue weighted by Gasteiger charge is -2.14. The highest BCUT2D eigenvalue weighted by Crippen LogP contribution is 2.22. The van der Waals surface area contributed by atoms with Gasteiger partial charge in [-0.3, -0.25) is 9.59 Å². The summed E-state index contributed by atoms with van der Waals surface area (Å²) in [7, 11) is -4.17. The van der Waals surface area contributed by atoms with Crippen LogP contribution < -0.4 is 4.72 Å². The van der Waals surface area contributed by atoms with Crippen LogP contribution in [0.2, 0.25) is 0 Å². The van der Waals surface area contributed by atoms with E-state index in [1.165, 1.54) is 12.1 Å². The zero-order valence-electron chi connectivity index (χ0n) is 11.3. The molecule has 2 aromatic carbocycles. The number of hydrogen-bond acceptors (Lipinski definition) is 4. The molecule has 0 saturated carbocycles. The van der Waals surface area contributed by atoms with Gasteiger partial charge < -0.3 is 10.2 Å². The molecule has 7 nitrogen and oxygen atoms in total. The summed E-state index contributed by atoms with van der Waals surface area (Å²) in [6.07, 6.45) is -0.848. The maximum atomic E-state index is 12.4. The van der Waals surface area contributed by atoms with Crippen molar-refractivity contribution in [2.24, 2.45) is 0 Å². The second-order valence-electron chi connectivity index (χ2n) is 4.59. The van der Waals surface area contributed by atoms with Gasteiger partial charge in [-0.15, -0.1) is 0 Å². The van der Waals surface area contributed by atoms with Crippen molar-refractivity contribution in [2.45, 2.75) is 17.4 Å². The average Bonchev–Trinajstić information content (AvgIpc) is 2.45. The minimum atomic E-state index is -4.17. The predicted molar refractivity (Wildman–Crippen MR) is 77.9 cm³/mol. The van der Waals surface area contributed by atoms with Gasteiger partial charge in [-0.2, -0.15) is 4.72 Å². The second-order valence-corrected chi connectivity index (χ2v) is 6.27. The molecular weight excluding hydrogens is 310 g/mol.